The van der Waals surface area contributed by atoms with E-state index in [0.29, 0.717) is 54.3 Å². The molecule has 188 valence electrons. The van der Waals surface area contributed by atoms with Gasteiger partial charge in [-0.1, -0.05) is 28.1 Å². The van der Waals surface area contributed by atoms with Crippen LogP contribution in [0, 0.1) is 0 Å². The number of carbonyl (C=O) groups is 2. The summed E-state index contributed by atoms with van der Waals surface area (Å²) in [5.41, 5.74) is 0.499. The number of para-hydroxylation sites is 1. The van der Waals surface area contributed by atoms with Gasteiger partial charge in [-0.25, -0.2) is 4.98 Å². The molecule has 1 fully saturated rings. The third-order valence-corrected chi connectivity index (χ3v) is 7.57. The van der Waals surface area contributed by atoms with Crippen molar-refractivity contribution in [2.75, 3.05) is 27.3 Å². The highest BCUT2D eigenvalue weighted by Gasteiger charge is 2.43. The number of nitrogens with zero attached hydrogens (tertiary/aromatic N) is 2. The molecular weight excluding hydrogens is 538 g/mol. The molecule has 8 nitrogen and oxygen atoms in total. The van der Waals surface area contributed by atoms with Crippen molar-refractivity contribution in [3.05, 3.63) is 70.3 Å². The van der Waals surface area contributed by atoms with Crippen molar-refractivity contribution in [3.8, 4) is 17.2 Å². The number of amides is 2. The molecule has 0 bridgehead atoms. The number of benzene rings is 3. The summed E-state index contributed by atoms with van der Waals surface area (Å²) in [6, 6.07) is 16.9. The van der Waals surface area contributed by atoms with E-state index in [-0.39, 0.29) is 17.5 Å². The van der Waals surface area contributed by atoms with Crippen molar-refractivity contribution >= 4 is 49.4 Å². The van der Waals surface area contributed by atoms with Crippen LogP contribution in [0.5, 0.6) is 17.2 Å². The van der Waals surface area contributed by atoms with Gasteiger partial charge in [0, 0.05) is 41.9 Å². The zero-order chi connectivity index (χ0) is 25.7. The zero-order valence-corrected chi connectivity index (χ0v) is 21.9. The van der Waals surface area contributed by atoms with Gasteiger partial charge in [0.2, 0.25) is 0 Å². The molecule has 1 aromatic heterocycles. The van der Waals surface area contributed by atoms with Crippen molar-refractivity contribution in [2.45, 2.75) is 18.6 Å². The van der Waals surface area contributed by atoms with E-state index < -0.39 is 5.72 Å². The minimum Gasteiger partial charge on any atom is -0.496 e. The Morgan fingerprint density at radius 3 is 2.57 bits per heavy atom. The predicted molar refractivity (Wildman–Crippen MR) is 142 cm³/mol. The van der Waals surface area contributed by atoms with Crippen LogP contribution in [0.15, 0.2) is 59.1 Å². The number of piperidine rings is 1. The molecule has 1 N–H and O–H groups in total. The zero-order valence-electron chi connectivity index (χ0n) is 20.3. The number of carbonyl (C=O) groups excluding carboxylic acids is 2. The molecule has 1 spiro atoms. The Hall–Kier alpha value is -3.85. The third-order valence-electron chi connectivity index (χ3n) is 7.07. The van der Waals surface area contributed by atoms with Gasteiger partial charge >= 0.3 is 0 Å². The number of ether oxygens (including phenoxy) is 3. The first-order chi connectivity index (χ1) is 17.9. The number of fused-ring (bicyclic) bond motifs is 3. The maximum atomic E-state index is 13.5. The Kier molecular flexibility index (Phi) is 5.67. The van der Waals surface area contributed by atoms with E-state index in [9.17, 15) is 9.59 Å². The first kappa shape index (κ1) is 23.5. The number of rotatable bonds is 3. The molecule has 4 aromatic rings. The summed E-state index contributed by atoms with van der Waals surface area (Å²) in [5, 5.41) is 5.78. The largest absolute Gasteiger partial charge is 0.496 e. The lowest BCUT2D eigenvalue weighted by molar-refractivity contribution is -0.0245. The topological polar surface area (TPSA) is 90.0 Å². The SMILES string of the molecule is COc1cc(C(=O)N2CCC3(CC2)NC(=O)c2cc4cc(Br)ccc4cc2O3)nc2c(OC)cccc12. The van der Waals surface area contributed by atoms with Crippen LogP contribution in [0.25, 0.3) is 21.7 Å². The van der Waals surface area contributed by atoms with Crippen LogP contribution in [0.4, 0.5) is 0 Å². The van der Waals surface area contributed by atoms with Crippen molar-refractivity contribution in [3.63, 3.8) is 0 Å². The standard InChI is InChI=1S/C28H24BrN3O5/c1-35-22-5-3-4-19-23(36-2)15-21(30-25(19)22)27(34)32-10-8-28(9-11-32)31-26(33)20-13-17-12-18(29)7-6-16(17)14-24(20)37-28/h3-7,12-15H,8-11H2,1-2H3,(H,31,33). The normalized spacial score (nSPS) is 16.3. The van der Waals surface area contributed by atoms with Crippen molar-refractivity contribution in [1.29, 1.82) is 0 Å². The van der Waals surface area contributed by atoms with E-state index in [1.807, 2.05) is 42.5 Å². The lowest BCUT2D eigenvalue weighted by Gasteiger charge is -2.44. The maximum Gasteiger partial charge on any atom is 0.272 e. The van der Waals surface area contributed by atoms with E-state index in [0.717, 1.165) is 20.6 Å². The van der Waals surface area contributed by atoms with Gasteiger partial charge in [-0.05, 0) is 47.2 Å². The van der Waals surface area contributed by atoms with Crippen molar-refractivity contribution in [2.24, 2.45) is 0 Å². The summed E-state index contributed by atoms with van der Waals surface area (Å²) >= 11 is 3.48. The molecule has 2 amide bonds. The van der Waals surface area contributed by atoms with Gasteiger partial charge < -0.3 is 24.4 Å². The quantitative estimate of drug-likeness (QED) is 0.381. The number of hydrogen-bond acceptors (Lipinski definition) is 6. The van der Waals surface area contributed by atoms with Crippen LogP contribution in [-0.2, 0) is 0 Å². The molecule has 9 heteroatoms. The molecule has 3 aromatic carbocycles. The van der Waals surface area contributed by atoms with Crippen LogP contribution < -0.4 is 19.5 Å². The molecular formula is C28H24BrN3O5. The number of nitrogens with one attached hydrogen (secondary N) is 1. The first-order valence-corrected chi connectivity index (χ1v) is 12.7. The van der Waals surface area contributed by atoms with E-state index >= 15 is 0 Å². The fraction of sp³-hybridized carbons (Fsp3) is 0.250. The second-order valence-electron chi connectivity index (χ2n) is 9.25. The van der Waals surface area contributed by atoms with Crippen LogP contribution in [0.3, 0.4) is 0 Å². The van der Waals surface area contributed by atoms with Gasteiger partial charge in [0.25, 0.3) is 11.8 Å². The Labute approximate surface area is 221 Å². The Morgan fingerprint density at radius 1 is 1.03 bits per heavy atom. The van der Waals surface area contributed by atoms with Gasteiger partial charge in [0.1, 0.15) is 28.5 Å². The van der Waals surface area contributed by atoms with E-state index in [4.69, 9.17) is 14.2 Å². The van der Waals surface area contributed by atoms with Crippen molar-refractivity contribution in [1.82, 2.24) is 15.2 Å². The Balaban J connectivity index is 1.24. The molecule has 3 heterocycles. The summed E-state index contributed by atoms with van der Waals surface area (Å²) in [6.07, 6.45) is 0.909. The van der Waals surface area contributed by atoms with E-state index in [1.165, 1.54) is 0 Å². The Bertz CT molecular complexity index is 1580. The average molecular weight is 562 g/mol. The second kappa shape index (κ2) is 8.92. The number of hydrogen-bond donors (Lipinski definition) is 1. The highest BCUT2D eigenvalue weighted by atomic mass is 79.9. The minimum absolute atomic E-state index is 0.170. The fourth-order valence-corrected chi connectivity index (χ4v) is 5.49. The number of likely N-dealkylation sites (tertiary alicyclic amines) is 1. The molecule has 0 saturated carbocycles. The summed E-state index contributed by atoms with van der Waals surface area (Å²) in [5.74, 6) is 1.31. The molecule has 2 aliphatic heterocycles. The molecule has 0 unspecified atom stereocenters. The van der Waals surface area contributed by atoms with E-state index in [2.05, 4.69) is 26.2 Å². The Morgan fingerprint density at radius 2 is 1.81 bits per heavy atom. The molecule has 2 aliphatic rings. The molecule has 37 heavy (non-hydrogen) atoms. The van der Waals surface area contributed by atoms with Gasteiger partial charge in [-0.2, -0.15) is 0 Å². The van der Waals surface area contributed by atoms with Crippen molar-refractivity contribution < 1.29 is 23.8 Å². The fourth-order valence-electron chi connectivity index (χ4n) is 5.11. The number of halogens is 1. The summed E-state index contributed by atoms with van der Waals surface area (Å²) in [7, 11) is 3.13. The lowest BCUT2D eigenvalue weighted by atomic mass is 9.95. The number of methoxy groups -OCH3 is 2. The van der Waals surface area contributed by atoms with Gasteiger partial charge in [-0.15, -0.1) is 0 Å². The second-order valence-corrected chi connectivity index (χ2v) is 10.2. The predicted octanol–water partition coefficient (Wildman–Crippen LogP) is 4.92. The maximum absolute atomic E-state index is 13.5. The highest BCUT2D eigenvalue weighted by Crippen LogP contribution is 2.37. The number of aromatic nitrogens is 1. The average Bonchev–Trinajstić information content (AvgIpc) is 2.91. The molecule has 6 rings (SSSR count). The third kappa shape index (κ3) is 4.03. The lowest BCUT2D eigenvalue weighted by Crippen LogP contribution is -2.61. The van der Waals surface area contributed by atoms with E-state index in [1.54, 1.807) is 31.3 Å². The highest BCUT2D eigenvalue weighted by molar-refractivity contribution is 9.10. The molecule has 1 saturated heterocycles. The molecule has 0 radical (unpaired) electrons. The summed E-state index contributed by atoms with van der Waals surface area (Å²) < 4.78 is 18.3. The van der Waals surface area contributed by atoms with Crippen LogP contribution in [0.2, 0.25) is 0 Å². The molecule has 0 aliphatic carbocycles. The van der Waals surface area contributed by atoms with Gasteiger partial charge in [0.15, 0.2) is 5.72 Å². The monoisotopic (exact) mass is 561 g/mol. The van der Waals surface area contributed by atoms with Crippen LogP contribution in [0.1, 0.15) is 33.7 Å². The summed E-state index contributed by atoms with van der Waals surface area (Å²) in [6.45, 7) is 0.811. The van der Waals surface area contributed by atoms with Gasteiger partial charge in [0.05, 0.1) is 19.8 Å². The summed E-state index contributed by atoms with van der Waals surface area (Å²) in [4.78, 5) is 32.9. The minimum atomic E-state index is -0.859. The number of pyridine rings is 1. The smallest absolute Gasteiger partial charge is 0.272 e. The molecule has 0 atom stereocenters. The first-order valence-electron chi connectivity index (χ1n) is 12.0. The van der Waals surface area contributed by atoms with Crippen LogP contribution >= 0.6 is 15.9 Å². The van der Waals surface area contributed by atoms with Crippen LogP contribution in [-0.4, -0.2) is 54.7 Å². The van der Waals surface area contributed by atoms with Gasteiger partial charge in [-0.3, -0.25) is 9.59 Å².